The summed E-state index contributed by atoms with van der Waals surface area (Å²) < 4.78 is 5.22. The van der Waals surface area contributed by atoms with Crippen molar-refractivity contribution in [3.8, 4) is 0 Å². The Morgan fingerprint density at radius 1 is 1.42 bits per heavy atom. The zero-order valence-electron chi connectivity index (χ0n) is 11.6. The first-order chi connectivity index (χ1) is 9.15. The third-order valence-corrected chi connectivity index (χ3v) is 3.48. The molecule has 1 N–H and O–H groups in total. The molecule has 1 saturated heterocycles. The minimum Gasteiger partial charge on any atom is -0.445 e. The third kappa shape index (κ3) is 4.24. The summed E-state index contributed by atoms with van der Waals surface area (Å²) in [7, 11) is 0. The predicted molar refractivity (Wildman–Crippen MR) is 74.9 cm³/mol. The van der Waals surface area contributed by atoms with E-state index in [9.17, 15) is 4.79 Å². The Balaban J connectivity index is 1.71. The zero-order valence-corrected chi connectivity index (χ0v) is 11.6. The molecule has 1 aliphatic rings. The molecular weight excluding hydrogens is 240 g/mol. The van der Waals surface area contributed by atoms with Crippen LogP contribution in [0.2, 0.25) is 0 Å². The number of nitrogens with zero attached hydrogens (tertiary/aromatic N) is 1. The topological polar surface area (TPSA) is 41.6 Å². The van der Waals surface area contributed by atoms with Crippen molar-refractivity contribution in [1.82, 2.24) is 10.2 Å². The van der Waals surface area contributed by atoms with E-state index < -0.39 is 0 Å². The fourth-order valence-corrected chi connectivity index (χ4v) is 2.31. The average Bonchev–Trinajstić information content (AvgIpc) is 2.86. The number of hydrogen-bond donors (Lipinski definition) is 1. The van der Waals surface area contributed by atoms with Gasteiger partial charge in [-0.05, 0) is 25.8 Å². The molecule has 4 heteroatoms. The van der Waals surface area contributed by atoms with E-state index in [1.165, 1.54) is 0 Å². The lowest BCUT2D eigenvalue weighted by Crippen LogP contribution is -2.38. The number of nitrogens with one attached hydrogen (secondary N) is 1. The number of alkyl carbamates (subject to hydrolysis) is 1. The number of likely N-dealkylation sites (tertiary alicyclic amines) is 1. The Morgan fingerprint density at radius 2 is 2.16 bits per heavy atom. The number of benzene rings is 1. The van der Waals surface area contributed by atoms with Crippen molar-refractivity contribution in [2.24, 2.45) is 0 Å². The zero-order chi connectivity index (χ0) is 13.7. The van der Waals surface area contributed by atoms with Gasteiger partial charge < -0.3 is 10.1 Å². The van der Waals surface area contributed by atoms with Crippen molar-refractivity contribution in [1.29, 1.82) is 0 Å². The minimum absolute atomic E-state index is 0.214. The SMILES string of the molecule is CC(C)N1CC[C@H](NC(=O)OCc2ccccc2)C1. The number of carbonyl (C=O) groups is 1. The minimum atomic E-state index is -0.320. The van der Waals surface area contributed by atoms with E-state index in [0.29, 0.717) is 12.6 Å². The maximum Gasteiger partial charge on any atom is 0.407 e. The molecule has 1 aliphatic heterocycles. The molecule has 1 heterocycles. The van der Waals surface area contributed by atoms with Gasteiger partial charge in [-0.3, -0.25) is 4.90 Å². The van der Waals surface area contributed by atoms with Gasteiger partial charge in [-0.1, -0.05) is 30.3 Å². The van der Waals surface area contributed by atoms with Crippen LogP contribution in [-0.2, 0) is 11.3 Å². The summed E-state index contributed by atoms with van der Waals surface area (Å²) in [6, 6.07) is 10.5. The van der Waals surface area contributed by atoms with Crippen LogP contribution in [0.1, 0.15) is 25.8 Å². The molecule has 104 valence electrons. The van der Waals surface area contributed by atoms with Crippen LogP contribution in [0.3, 0.4) is 0 Å². The number of ether oxygens (including phenoxy) is 1. The van der Waals surface area contributed by atoms with Gasteiger partial charge in [-0.25, -0.2) is 4.79 Å². The van der Waals surface area contributed by atoms with Crippen molar-refractivity contribution in [2.45, 2.75) is 39.0 Å². The van der Waals surface area contributed by atoms with E-state index in [2.05, 4.69) is 24.1 Å². The highest BCUT2D eigenvalue weighted by Crippen LogP contribution is 2.12. The van der Waals surface area contributed by atoms with Gasteiger partial charge in [0.15, 0.2) is 0 Å². The van der Waals surface area contributed by atoms with Crippen molar-refractivity contribution >= 4 is 6.09 Å². The summed E-state index contributed by atoms with van der Waals surface area (Å²) in [4.78, 5) is 14.1. The van der Waals surface area contributed by atoms with E-state index in [1.54, 1.807) is 0 Å². The van der Waals surface area contributed by atoms with Crippen LogP contribution in [0.5, 0.6) is 0 Å². The van der Waals surface area contributed by atoms with Crippen LogP contribution >= 0.6 is 0 Å². The molecule has 0 aromatic heterocycles. The van der Waals surface area contributed by atoms with Gasteiger partial charge in [0.1, 0.15) is 6.61 Å². The first kappa shape index (κ1) is 13.9. The third-order valence-electron chi connectivity index (χ3n) is 3.48. The van der Waals surface area contributed by atoms with Crippen molar-refractivity contribution in [2.75, 3.05) is 13.1 Å². The Kier molecular flexibility index (Phi) is 4.80. The molecule has 19 heavy (non-hydrogen) atoms. The van der Waals surface area contributed by atoms with E-state index in [0.717, 1.165) is 25.1 Å². The molecule has 0 aliphatic carbocycles. The number of amides is 1. The lowest BCUT2D eigenvalue weighted by molar-refractivity contribution is 0.135. The monoisotopic (exact) mass is 262 g/mol. The molecule has 1 amide bonds. The second-order valence-electron chi connectivity index (χ2n) is 5.28. The lowest BCUT2D eigenvalue weighted by Gasteiger charge is -2.20. The summed E-state index contributed by atoms with van der Waals surface area (Å²) in [5.74, 6) is 0. The summed E-state index contributed by atoms with van der Waals surface area (Å²) in [5.41, 5.74) is 1.01. The molecule has 0 unspecified atom stereocenters. The van der Waals surface area contributed by atoms with E-state index in [1.807, 2.05) is 30.3 Å². The van der Waals surface area contributed by atoms with Gasteiger partial charge >= 0.3 is 6.09 Å². The first-order valence-corrected chi connectivity index (χ1v) is 6.86. The Hall–Kier alpha value is -1.55. The molecule has 0 bridgehead atoms. The summed E-state index contributed by atoms with van der Waals surface area (Å²) in [6.45, 7) is 6.64. The molecule has 1 aromatic rings. The standard InChI is InChI=1S/C15H22N2O2/c1-12(2)17-9-8-14(10-17)16-15(18)19-11-13-6-4-3-5-7-13/h3-7,12,14H,8-11H2,1-2H3,(H,16,18)/t14-/m0/s1. The average molecular weight is 262 g/mol. The molecule has 1 aromatic carbocycles. The van der Waals surface area contributed by atoms with Gasteiger partial charge in [0.25, 0.3) is 0 Å². The van der Waals surface area contributed by atoms with Crippen LogP contribution < -0.4 is 5.32 Å². The second-order valence-corrected chi connectivity index (χ2v) is 5.28. The fourth-order valence-electron chi connectivity index (χ4n) is 2.31. The highest BCUT2D eigenvalue weighted by molar-refractivity contribution is 5.67. The van der Waals surface area contributed by atoms with Crippen molar-refractivity contribution in [3.63, 3.8) is 0 Å². The van der Waals surface area contributed by atoms with Gasteiger partial charge in [0.2, 0.25) is 0 Å². The van der Waals surface area contributed by atoms with Gasteiger partial charge in [-0.15, -0.1) is 0 Å². The maximum absolute atomic E-state index is 11.7. The molecule has 0 radical (unpaired) electrons. The first-order valence-electron chi connectivity index (χ1n) is 6.86. The molecule has 0 saturated carbocycles. The van der Waals surface area contributed by atoms with E-state index >= 15 is 0 Å². The molecule has 1 fully saturated rings. The van der Waals surface area contributed by atoms with Gasteiger partial charge in [-0.2, -0.15) is 0 Å². The Morgan fingerprint density at radius 3 is 2.79 bits per heavy atom. The highest BCUT2D eigenvalue weighted by Gasteiger charge is 2.25. The van der Waals surface area contributed by atoms with E-state index in [4.69, 9.17) is 4.74 Å². The van der Waals surface area contributed by atoms with Crippen LogP contribution in [0.25, 0.3) is 0 Å². The molecule has 1 atom stereocenters. The molecule has 0 spiro atoms. The van der Waals surface area contributed by atoms with Crippen LogP contribution in [0.15, 0.2) is 30.3 Å². The predicted octanol–water partition coefficient (Wildman–Crippen LogP) is 2.40. The molecule has 4 nitrogen and oxygen atoms in total. The quantitative estimate of drug-likeness (QED) is 0.906. The fraction of sp³-hybridized carbons (Fsp3) is 0.533. The summed E-state index contributed by atoms with van der Waals surface area (Å²) >= 11 is 0. The van der Waals surface area contributed by atoms with Crippen LogP contribution in [0, 0.1) is 0 Å². The Bertz CT molecular complexity index is 406. The summed E-state index contributed by atoms with van der Waals surface area (Å²) in [6.07, 6.45) is 0.679. The normalized spacial score (nSPS) is 19.6. The largest absolute Gasteiger partial charge is 0.445 e. The second kappa shape index (κ2) is 6.57. The lowest BCUT2D eigenvalue weighted by atomic mass is 10.2. The Labute approximate surface area is 114 Å². The highest BCUT2D eigenvalue weighted by atomic mass is 16.5. The van der Waals surface area contributed by atoms with E-state index in [-0.39, 0.29) is 12.1 Å². The van der Waals surface area contributed by atoms with Crippen LogP contribution in [0.4, 0.5) is 4.79 Å². The van der Waals surface area contributed by atoms with Gasteiger partial charge in [0, 0.05) is 25.2 Å². The molecule has 2 rings (SSSR count). The van der Waals surface area contributed by atoms with Crippen LogP contribution in [-0.4, -0.2) is 36.2 Å². The summed E-state index contributed by atoms with van der Waals surface area (Å²) in [5, 5.41) is 2.93. The van der Waals surface area contributed by atoms with Gasteiger partial charge in [0.05, 0.1) is 0 Å². The van der Waals surface area contributed by atoms with Crippen molar-refractivity contribution < 1.29 is 9.53 Å². The maximum atomic E-state index is 11.7. The van der Waals surface area contributed by atoms with Crippen molar-refractivity contribution in [3.05, 3.63) is 35.9 Å². The number of rotatable bonds is 4. The number of hydrogen-bond acceptors (Lipinski definition) is 3. The molecular formula is C15H22N2O2. The number of carbonyl (C=O) groups excluding carboxylic acids is 1. The smallest absolute Gasteiger partial charge is 0.407 e.